The van der Waals surface area contributed by atoms with E-state index in [0.29, 0.717) is 5.95 Å². The summed E-state index contributed by atoms with van der Waals surface area (Å²) in [7, 11) is 0. The van der Waals surface area contributed by atoms with E-state index in [1.165, 1.54) is 6.42 Å². The molecule has 0 fully saturated rings. The number of anilines is 1. The Morgan fingerprint density at radius 2 is 2.18 bits per heavy atom. The van der Waals surface area contributed by atoms with Crippen LogP contribution in [0.4, 0.5) is 5.95 Å². The van der Waals surface area contributed by atoms with Gasteiger partial charge in [0.15, 0.2) is 0 Å². The first-order valence-electron chi connectivity index (χ1n) is 5.99. The van der Waals surface area contributed by atoms with Crippen LogP contribution >= 0.6 is 15.9 Å². The molecule has 1 heterocycles. The first-order valence-corrected chi connectivity index (χ1v) is 6.78. The van der Waals surface area contributed by atoms with E-state index in [2.05, 4.69) is 45.4 Å². The fraction of sp³-hybridized carbons (Fsp3) is 0.462. The quantitative estimate of drug-likeness (QED) is 0.932. The minimum absolute atomic E-state index is 0.613. The predicted molar refractivity (Wildman–Crippen MR) is 75.9 cm³/mol. The number of hydrogen-bond acceptors (Lipinski definition) is 2. The van der Waals surface area contributed by atoms with E-state index in [4.69, 9.17) is 5.73 Å². The number of halogens is 1. The van der Waals surface area contributed by atoms with E-state index >= 15 is 0 Å². The van der Waals surface area contributed by atoms with E-state index in [1.807, 2.05) is 12.1 Å². The van der Waals surface area contributed by atoms with Crippen molar-refractivity contribution in [3.8, 4) is 0 Å². The summed E-state index contributed by atoms with van der Waals surface area (Å²) in [5, 5.41) is 0. The smallest absolute Gasteiger partial charge is 0.201 e. The van der Waals surface area contributed by atoms with E-state index in [0.717, 1.165) is 34.4 Å². The molecule has 0 bridgehead atoms. The molecule has 2 N–H and O–H groups in total. The highest BCUT2D eigenvalue weighted by Gasteiger charge is 2.08. The summed E-state index contributed by atoms with van der Waals surface area (Å²) >= 11 is 3.45. The van der Waals surface area contributed by atoms with Crippen LogP contribution in [0.15, 0.2) is 22.7 Å². The molecular weight excluding hydrogens is 278 g/mol. The van der Waals surface area contributed by atoms with Crippen molar-refractivity contribution >= 4 is 32.9 Å². The fourth-order valence-electron chi connectivity index (χ4n) is 2.01. The second-order valence-corrected chi connectivity index (χ2v) is 5.71. The van der Waals surface area contributed by atoms with Gasteiger partial charge in [-0.05, 0) is 37.0 Å². The standard InChI is InChI=1S/C13H18BrN3/c1-9(2)4-3-7-17-12-6-5-10(14)8-11(12)16-13(17)15/h5-6,8-9H,3-4,7H2,1-2H3,(H2,15,16). The molecule has 3 nitrogen and oxygen atoms in total. The van der Waals surface area contributed by atoms with Gasteiger partial charge in [0, 0.05) is 11.0 Å². The number of rotatable bonds is 4. The minimum atomic E-state index is 0.613. The SMILES string of the molecule is CC(C)CCCn1c(N)nc2cc(Br)ccc21. The largest absolute Gasteiger partial charge is 0.369 e. The third-order valence-electron chi connectivity index (χ3n) is 2.90. The van der Waals surface area contributed by atoms with Gasteiger partial charge in [0.05, 0.1) is 11.0 Å². The minimum Gasteiger partial charge on any atom is -0.369 e. The van der Waals surface area contributed by atoms with Crippen LogP contribution in [0.3, 0.4) is 0 Å². The van der Waals surface area contributed by atoms with Crippen LogP contribution in [-0.2, 0) is 6.54 Å². The highest BCUT2D eigenvalue weighted by molar-refractivity contribution is 9.10. The van der Waals surface area contributed by atoms with E-state index in [9.17, 15) is 0 Å². The summed E-state index contributed by atoms with van der Waals surface area (Å²) in [5.41, 5.74) is 8.04. The average Bonchev–Trinajstić information content (AvgIpc) is 2.54. The molecular formula is C13H18BrN3. The summed E-state index contributed by atoms with van der Waals surface area (Å²) in [6.07, 6.45) is 2.36. The van der Waals surface area contributed by atoms with Crippen molar-refractivity contribution in [2.45, 2.75) is 33.2 Å². The maximum absolute atomic E-state index is 5.96. The highest BCUT2D eigenvalue weighted by atomic mass is 79.9. The van der Waals surface area contributed by atoms with Crippen LogP contribution in [0.2, 0.25) is 0 Å². The van der Waals surface area contributed by atoms with Gasteiger partial charge in [-0.3, -0.25) is 0 Å². The molecule has 0 amide bonds. The van der Waals surface area contributed by atoms with E-state index in [-0.39, 0.29) is 0 Å². The van der Waals surface area contributed by atoms with Crippen molar-refractivity contribution < 1.29 is 0 Å². The van der Waals surface area contributed by atoms with Crippen LogP contribution in [0.25, 0.3) is 11.0 Å². The number of aryl methyl sites for hydroxylation is 1. The predicted octanol–water partition coefficient (Wildman–Crippen LogP) is 3.82. The van der Waals surface area contributed by atoms with E-state index in [1.54, 1.807) is 0 Å². The van der Waals surface area contributed by atoms with E-state index < -0.39 is 0 Å². The van der Waals surface area contributed by atoms with Gasteiger partial charge in [-0.2, -0.15) is 0 Å². The lowest BCUT2D eigenvalue weighted by molar-refractivity contribution is 0.519. The molecule has 1 aromatic heterocycles. The van der Waals surface area contributed by atoms with Crippen LogP contribution in [-0.4, -0.2) is 9.55 Å². The van der Waals surface area contributed by atoms with Gasteiger partial charge < -0.3 is 10.3 Å². The first kappa shape index (κ1) is 12.4. The second kappa shape index (κ2) is 5.08. The Hall–Kier alpha value is -1.03. The Morgan fingerprint density at radius 3 is 2.88 bits per heavy atom. The lowest BCUT2D eigenvalue weighted by atomic mass is 10.1. The third-order valence-corrected chi connectivity index (χ3v) is 3.40. The number of aromatic nitrogens is 2. The highest BCUT2D eigenvalue weighted by Crippen LogP contribution is 2.22. The van der Waals surface area contributed by atoms with Crippen LogP contribution in [0.5, 0.6) is 0 Å². The number of hydrogen-bond donors (Lipinski definition) is 1. The van der Waals surface area contributed by atoms with Gasteiger partial charge in [-0.15, -0.1) is 0 Å². The number of nitrogens with two attached hydrogens (primary N) is 1. The number of fused-ring (bicyclic) bond motifs is 1. The van der Waals surface area contributed by atoms with Crippen molar-refractivity contribution in [3.05, 3.63) is 22.7 Å². The Balaban J connectivity index is 2.24. The molecule has 92 valence electrons. The molecule has 0 saturated heterocycles. The Kier molecular flexibility index (Phi) is 3.72. The molecule has 0 spiro atoms. The number of imidazole rings is 1. The van der Waals surface area contributed by atoms with Gasteiger partial charge in [0.1, 0.15) is 0 Å². The van der Waals surface area contributed by atoms with Crippen molar-refractivity contribution in [2.24, 2.45) is 5.92 Å². The Morgan fingerprint density at radius 1 is 1.41 bits per heavy atom. The average molecular weight is 296 g/mol. The maximum atomic E-state index is 5.96. The third kappa shape index (κ3) is 2.80. The van der Waals surface area contributed by atoms with Crippen molar-refractivity contribution in [1.82, 2.24) is 9.55 Å². The summed E-state index contributed by atoms with van der Waals surface area (Å²) in [6.45, 7) is 5.43. The molecule has 17 heavy (non-hydrogen) atoms. The monoisotopic (exact) mass is 295 g/mol. The zero-order chi connectivity index (χ0) is 12.4. The maximum Gasteiger partial charge on any atom is 0.201 e. The molecule has 0 aliphatic carbocycles. The van der Waals surface area contributed by atoms with Gasteiger partial charge in [0.25, 0.3) is 0 Å². The molecule has 0 aliphatic heterocycles. The molecule has 4 heteroatoms. The normalized spacial score (nSPS) is 11.5. The molecule has 0 aliphatic rings. The topological polar surface area (TPSA) is 43.8 Å². The zero-order valence-corrected chi connectivity index (χ0v) is 11.9. The van der Waals surface area contributed by atoms with Crippen molar-refractivity contribution in [2.75, 3.05) is 5.73 Å². The van der Waals surface area contributed by atoms with Gasteiger partial charge in [-0.1, -0.05) is 29.8 Å². The molecule has 0 radical (unpaired) electrons. The molecule has 0 atom stereocenters. The van der Waals surface area contributed by atoms with Gasteiger partial charge in [0.2, 0.25) is 5.95 Å². The molecule has 2 aromatic rings. The van der Waals surface area contributed by atoms with Crippen molar-refractivity contribution in [1.29, 1.82) is 0 Å². The molecule has 0 unspecified atom stereocenters. The first-order chi connectivity index (χ1) is 8.08. The number of nitrogen functional groups attached to an aromatic ring is 1. The summed E-state index contributed by atoms with van der Waals surface area (Å²) in [6, 6.07) is 6.10. The van der Waals surface area contributed by atoms with Crippen LogP contribution in [0.1, 0.15) is 26.7 Å². The zero-order valence-electron chi connectivity index (χ0n) is 10.3. The Labute approximate surface area is 110 Å². The summed E-state index contributed by atoms with van der Waals surface area (Å²) in [4.78, 5) is 4.38. The molecule has 2 rings (SSSR count). The summed E-state index contributed by atoms with van der Waals surface area (Å²) < 4.78 is 3.14. The van der Waals surface area contributed by atoms with Crippen LogP contribution < -0.4 is 5.73 Å². The Bertz CT molecular complexity index is 517. The van der Waals surface area contributed by atoms with Crippen molar-refractivity contribution in [3.63, 3.8) is 0 Å². The lowest BCUT2D eigenvalue weighted by Gasteiger charge is -2.08. The van der Waals surface area contributed by atoms with Gasteiger partial charge in [-0.25, -0.2) is 4.98 Å². The fourth-order valence-corrected chi connectivity index (χ4v) is 2.36. The second-order valence-electron chi connectivity index (χ2n) is 4.79. The molecule has 0 saturated carbocycles. The molecule has 1 aromatic carbocycles. The number of benzene rings is 1. The van der Waals surface area contributed by atoms with Gasteiger partial charge >= 0.3 is 0 Å². The lowest BCUT2D eigenvalue weighted by Crippen LogP contribution is -2.04. The van der Waals surface area contributed by atoms with Crippen LogP contribution in [0, 0.1) is 5.92 Å². The number of nitrogens with zero attached hydrogens (tertiary/aromatic N) is 2. The summed E-state index contributed by atoms with van der Waals surface area (Å²) in [5.74, 6) is 1.35.